The largest absolute Gasteiger partial charge is 0.307 e. The fourth-order valence-corrected chi connectivity index (χ4v) is 3.59. The van der Waals surface area contributed by atoms with Crippen LogP contribution in [-0.4, -0.2) is 6.04 Å². The molecular weight excluding hydrogens is 230 g/mol. The smallest absolute Gasteiger partial charge is 0.0376 e. The van der Waals surface area contributed by atoms with Crippen LogP contribution in [0.1, 0.15) is 63.6 Å². The van der Waals surface area contributed by atoms with E-state index in [0.29, 0.717) is 17.5 Å². The molecule has 0 bridgehead atoms. The molecule has 2 aliphatic rings. The minimum atomic E-state index is 0.367. The summed E-state index contributed by atoms with van der Waals surface area (Å²) in [4.78, 5) is 0. The number of aryl methyl sites for hydroxylation is 1. The summed E-state index contributed by atoms with van der Waals surface area (Å²) < 4.78 is 0. The van der Waals surface area contributed by atoms with Crippen molar-refractivity contribution in [3.63, 3.8) is 0 Å². The van der Waals surface area contributed by atoms with E-state index in [0.717, 1.165) is 5.92 Å². The Labute approximate surface area is 117 Å². The first-order valence-electron chi connectivity index (χ1n) is 7.90. The van der Waals surface area contributed by atoms with Gasteiger partial charge in [0.2, 0.25) is 0 Å². The van der Waals surface area contributed by atoms with Gasteiger partial charge in [-0.1, -0.05) is 51.0 Å². The number of fused-ring (bicyclic) bond motifs is 1. The van der Waals surface area contributed by atoms with Crippen molar-refractivity contribution in [2.75, 3.05) is 0 Å². The monoisotopic (exact) mass is 257 g/mol. The average Bonchev–Trinajstić information content (AvgIpc) is 3.17. The van der Waals surface area contributed by atoms with Crippen molar-refractivity contribution in [2.45, 2.75) is 65.0 Å². The molecule has 0 spiro atoms. The van der Waals surface area contributed by atoms with Gasteiger partial charge in [-0.05, 0) is 48.6 Å². The first-order valence-corrected chi connectivity index (χ1v) is 7.90. The van der Waals surface area contributed by atoms with Gasteiger partial charge in [-0.15, -0.1) is 0 Å². The van der Waals surface area contributed by atoms with Crippen molar-refractivity contribution in [3.05, 3.63) is 35.4 Å². The first kappa shape index (κ1) is 13.2. The summed E-state index contributed by atoms with van der Waals surface area (Å²) in [5.74, 6) is 1.00. The number of hydrogen-bond donors (Lipinski definition) is 1. The molecule has 1 nitrogen and oxygen atoms in total. The maximum absolute atomic E-state index is 3.94. The van der Waals surface area contributed by atoms with Crippen molar-refractivity contribution in [1.82, 2.24) is 5.32 Å². The molecule has 2 aliphatic carbocycles. The molecule has 1 aromatic carbocycles. The van der Waals surface area contributed by atoms with Gasteiger partial charge < -0.3 is 5.32 Å². The predicted octanol–water partition coefficient (Wildman–Crippen LogP) is 4.48. The minimum absolute atomic E-state index is 0.367. The summed E-state index contributed by atoms with van der Waals surface area (Å²) in [6.45, 7) is 7.21. The van der Waals surface area contributed by atoms with Crippen LogP contribution in [0.2, 0.25) is 0 Å². The zero-order chi connectivity index (χ0) is 13.5. The van der Waals surface area contributed by atoms with Crippen molar-refractivity contribution < 1.29 is 0 Å². The summed E-state index contributed by atoms with van der Waals surface area (Å²) in [6, 6.07) is 10.2. The third-order valence-corrected chi connectivity index (χ3v) is 5.02. The SMILES string of the molecule is CC(CC1CC1)NC1c2ccccc2CCC1(C)C. The maximum Gasteiger partial charge on any atom is 0.0376 e. The fraction of sp³-hybridized carbons (Fsp3) is 0.667. The highest BCUT2D eigenvalue weighted by atomic mass is 15.0. The van der Waals surface area contributed by atoms with E-state index in [9.17, 15) is 0 Å². The molecule has 0 amide bonds. The van der Waals surface area contributed by atoms with Crippen LogP contribution in [-0.2, 0) is 6.42 Å². The Bertz CT molecular complexity index is 445. The normalized spacial score (nSPS) is 26.8. The Kier molecular flexibility index (Phi) is 3.42. The molecule has 2 unspecified atom stereocenters. The Balaban J connectivity index is 1.79. The van der Waals surface area contributed by atoms with Crippen molar-refractivity contribution in [3.8, 4) is 0 Å². The average molecular weight is 257 g/mol. The number of hydrogen-bond acceptors (Lipinski definition) is 1. The lowest BCUT2D eigenvalue weighted by atomic mass is 9.70. The van der Waals surface area contributed by atoms with E-state index in [1.807, 2.05) is 0 Å². The molecule has 104 valence electrons. The molecular formula is C18H27N. The van der Waals surface area contributed by atoms with Crippen molar-refractivity contribution in [2.24, 2.45) is 11.3 Å². The lowest BCUT2D eigenvalue weighted by Crippen LogP contribution is -2.42. The molecule has 1 N–H and O–H groups in total. The zero-order valence-electron chi connectivity index (χ0n) is 12.6. The van der Waals surface area contributed by atoms with Crippen LogP contribution in [0.15, 0.2) is 24.3 Å². The van der Waals surface area contributed by atoms with Crippen LogP contribution in [0, 0.1) is 11.3 Å². The van der Waals surface area contributed by atoms with Gasteiger partial charge >= 0.3 is 0 Å². The second-order valence-electron chi connectivity index (χ2n) is 7.37. The molecule has 0 aliphatic heterocycles. The lowest BCUT2D eigenvalue weighted by Gasteiger charge is -2.42. The second kappa shape index (κ2) is 4.94. The number of nitrogens with one attached hydrogen (secondary N) is 1. The third-order valence-electron chi connectivity index (χ3n) is 5.02. The summed E-state index contributed by atoms with van der Waals surface area (Å²) in [6.07, 6.45) is 6.79. The Morgan fingerprint density at radius 1 is 1.26 bits per heavy atom. The first-order chi connectivity index (χ1) is 9.06. The Hall–Kier alpha value is -0.820. The maximum atomic E-state index is 3.94. The molecule has 0 heterocycles. The summed E-state index contributed by atoms with van der Waals surface area (Å²) in [5.41, 5.74) is 3.46. The Morgan fingerprint density at radius 3 is 2.74 bits per heavy atom. The summed E-state index contributed by atoms with van der Waals surface area (Å²) >= 11 is 0. The Morgan fingerprint density at radius 2 is 2.00 bits per heavy atom. The molecule has 1 fully saturated rings. The van der Waals surface area contributed by atoms with Crippen LogP contribution >= 0.6 is 0 Å². The molecule has 19 heavy (non-hydrogen) atoms. The molecule has 3 rings (SSSR count). The zero-order valence-corrected chi connectivity index (χ0v) is 12.6. The van der Waals surface area contributed by atoms with E-state index in [-0.39, 0.29) is 0 Å². The van der Waals surface area contributed by atoms with Crippen LogP contribution in [0.25, 0.3) is 0 Å². The van der Waals surface area contributed by atoms with E-state index in [1.54, 1.807) is 11.1 Å². The van der Waals surface area contributed by atoms with Gasteiger partial charge in [0, 0.05) is 12.1 Å². The fourth-order valence-electron chi connectivity index (χ4n) is 3.59. The molecule has 0 radical (unpaired) electrons. The number of rotatable bonds is 4. The van der Waals surface area contributed by atoms with Gasteiger partial charge in [-0.3, -0.25) is 0 Å². The van der Waals surface area contributed by atoms with E-state index in [4.69, 9.17) is 0 Å². The summed E-state index contributed by atoms with van der Waals surface area (Å²) in [5, 5.41) is 3.94. The second-order valence-corrected chi connectivity index (χ2v) is 7.37. The van der Waals surface area contributed by atoms with E-state index in [1.165, 1.54) is 32.1 Å². The van der Waals surface area contributed by atoms with E-state index in [2.05, 4.69) is 50.4 Å². The van der Waals surface area contributed by atoms with Gasteiger partial charge in [0.25, 0.3) is 0 Å². The van der Waals surface area contributed by atoms with Gasteiger partial charge in [-0.2, -0.15) is 0 Å². The van der Waals surface area contributed by atoms with E-state index < -0.39 is 0 Å². The molecule has 0 aromatic heterocycles. The highest BCUT2D eigenvalue weighted by Crippen LogP contribution is 2.44. The molecule has 1 heteroatoms. The van der Waals surface area contributed by atoms with Crippen LogP contribution < -0.4 is 5.32 Å². The molecule has 1 saturated carbocycles. The quantitative estimate of drug-likeness (QED) is 0.838. The standard InChI is InChI=1S/C18H27N/c1-13(12-14-8-9-14)19-17-16-7-5-4-6-15(16)10-11-18(17,2)3/h4-7,13-14,17,19H,8-12H2,1-3H3. The van der Waals surface area contributed by atoms with Crippen molar-refractivity contribution >= 4 is 0 Å². The molecule has 0 saturated heterocycles. The third kappa shape index (κ3) is 2.86. The van der Waals surface area contributed by atoms with Gasteiger partial charge in [0.05, 0.1) is 0 Å². The van der Waals surface area contributed by atoms with Gasteiger partial charge in [0.1, 0.15) is 0 Å². The van der Waals surface area contributed by atoms with Crippen molar-refractivity contribution in [1.29, 1.82) is 0 Å². The van der Waals surface area contributed by atoms with Gasteiger partial charge in [-0.25, -0.2) is 0 Å². The predicted molar refractivity (Wildman–Crippen MR) is 81.2 cm³/mol. The minimum Gasteiger partial charge on any atom is -0.307 e. The van der Waals surface area contributed by atoms with Crippen LogP contribution in [0.3, 0.4) is 0 Å². The van der Waals surface area contributed by atoms with Crippen LogP contribution in [0.5, 0.6) is 0 Å². The summed E-state index contributed by atoms with van der Waals surface area (Å²) in [7, 11) is 0. The van der Waals surface area contributed by atoms with Gasteiger partial charge in [0.15, 0.2) is 0 Å². The highest BCUT2D eigenvalue weighted by Gasteiger charge is 2.36. The molecule has 1 aromatic rings. The molecule has 2 atom stereocenters. The lowest BCUT2D eigenvalue weighted by molar-refractivity contribution is 0.192. The van der Waals surface area contributed by atoms with E-state index >= 15 is 0 Å². The highest BCUT2D eigenvalue weighted by molar-refractivity contribution is 5.34. The van der Waals surface area contributed by atoms with Crippen LogP contribution in [0.4, 0.5) is 0 Å². The number of benzene rings is 1. The topological polar surface area (TPSA) is 12.0 Å².